The van der Waals surface area contributed by atoms with Gasteiger partial charge in [-0.3, -0.25) is 0 Å². The molecule has 0 aliphatic heterocycles. The van der Waals surface area contributed by atoms with Gasteiger partial charge in [0, 0.05) is 8.95 Å². The molecule has 0 aliphatic carbocycles. The number of rotatable bonds is 3. The van der Waals surface area contributed by atoms with E-state index < -0.39 is 0 Å². The molecular weight excluding hydrogens is 391 g/mol. The van der Waals surface area contributed by atoms with Gasteiger partial charge >= 0.3 is 0 Å². The van der Waals surface area contributed by atoms with Crippen molar-refractivity contribution in [1.29, 1.82) is 0 Å². The summed E-state index contributed by atoms with van der Waals surface area (Å²) >= 11 is 13.6. The molecule has 1 unspecified atom stereocenters. The van der Waals surface area contributed by atoms with Crippen LogP contribution in [0.5, 0.6) is 5.75 Å². The van der Waals surface area contributed by atoms with E-state index in [1.807, 2.05) is 43.3 Å². The summed E-state index contributed by atoms with van der Waals surface area (Å²) in [7, 11) is 1.66. The van der Waals surface area contributed by atoms with E-state index in [0.717, 1.165) is 31.4 Å². The van der Waals surface area contributed by atoms with Gasteiger partial charge in [0.15, 0.2) is 0 Å². The number of aryl methyl sites for hydroxylation is 1. The van der Waals surface area contributed by atoms with Crippen LogP contribution in [0.3, 0.4) is 0 Å². The molecule has 0 amide bonds. The molecule has 0 N–H and O–H groups in total. The highest BCUT2D eigenvalue weighted by molar-refractivity contribution is 9.11. The predicted octanol–water partition coefficient (Wildman–Crippen LogP) is 5.86. The van der Waals surface area contributed by atoms with E-state index in [2.05, 4.69) is 31.9 Å². The third kappa shape index (κ3) is 3.53. The van der Waals surface area contributed by atoms with Gasteiger partial charge in [0.05, 0.1) is 12.5 Å². The molecule has 0 saturated heterocycles. The summed E-state index contributed by atoms with van der Waals surface area (Å²) in [6.07, 6.45) is 0. The maximum Gasteiger partial charge on any atom is 0.119 e. The lowest BCUT2D eigenvalue weighted by Gasteiger charge is -2.15. The Bertz CT molecular complexity index is 578. The van der Waals surface area contributed by atoms with Crippen LogP contribution in [0.15, 0.2) is 45.3 Å². The second kappa shape index (κ2) is 6.29. The van der Waals surface area contributed by atoms with Crippen LogP contribution >= 0.6 is 43.5 Å². The summed E-state index contributed by atoms with van der Waals surface area (Å²) in [6, 6.07) is 12.0. The Hall–Kier alpha value is -0.510. The first kappa shape index (κ1) is 14.9. The molecular formula is C15H13Br2ClO. The van der Waals surface area contributed by atoms with Gasteiger partial charge in [-0.1, -0.05) is 37.9 Å². The van der Waals surface area contributed by atoms with E-state index in [9.17, 15) is 0 Å². The van der Waals surface area contributed by atoms with Crippen molar-refractivity contribution in [1.82, 2.24) is 0 Å². The summed E-state index contributed by atoms with van der Waals surface area (Å²) in [5.41, 5.74) is 3.26. The third-order valence-corrected chi connectivity index (χ3v) is 4.33. The Kier molecular flexibility index (Phi) is 4.93. The Morgan fingerprint density at radius 1 is 1.05 bits per heavy atom. The smallest absolute Gasteiger partial charge is 0.119 e. The zero-order valence-electron chi connectivity index (χ0n) is 10.6. The number of methoxy groups -OCH3 is 1. The summed E-state index contributed by atoms with van der Waals surface area (Å²) in [4.78, 5) is 0. The first-order valence-corrected chi connectivity index (χ1v) is 7.78. The molecule has 0 heterocycles. The second-order valence-corrected chi connectivity index (χ2v) is 6.56. The van der Waals surface area contributed by atoms with Gasteiger partial charge in [-0.2, -0.15) is 0 Å². The first-order valence-electron chi connectivity index (χ1n) is 5.76. The van der Waals surface area contributed by atoms with Crippen LogP contribution in [-0.4, -0.2) is 7.11 Å². The first-order chi connectivity index (χ1) is 9.01. The number of ether oxygens (including phenoxy) is 1. The fraction of sp³-hybridized carbons (Fsp3) is 0.200. The van der Waals surface area contributed by atoms with E-state index in [1.165, 1.54) is 0 Å². The van der Waals surface area contributed by atoms with E-state index in [1.54, 1.807) is 7.11 Å². The monoisotopic (exact) mass is 402 g/mol. The minimum Gasteiger partial charge on any atom is -0.497 e. The molecule has 1 nitrogen and oxygen atoms in total. The van der Waals surface area contributed by atoms with Crippen molar-refractivity contribution < 1.29 is 4.74 Å². The molecule has 1 atom stereocenters. The van der Waals surface area contributed by atoms with Crippen LogP contribution in [0.1, 0.15) is 22.1 Å². The van der Waals surface area contributed by atoms with Crippen molar-refractivity contribution in [3.63, 3.8) is 0 Å². The van der Waals surface area contributed by atoms with Gasteiger partial charge in [-0.05, 0) is 53.9 Å². The highest BCUT2D eigenvalue weighted by atomic mass is 79.9. The molecule has 0 fully saturated rings. The molecule has 2 aromatic rings. The van der Waals surface area contributed by atoms with Crippen molar-refractivity contribution >= 4 is 43.5 Å². The Morgan fingerprint density at radius 2 is 1.68 bits per heavy atom. The Labute approximate surface area is 135 Å². The maximum atomic E-state index is 6.59. The van der Waals surface area contributed by atoms with Gasteiger partial charge in [0.1, 0.15) is 5.75 Å². The molecule has 0 bridgehead atoms. The zero-order valence-corrected chi connectivity index (χ0v) is 14.5. The van der Waals surface area contributed by atoms with Crippen LogP contribution in [0.25, 0.3) is 0 Å². The molecule has 2 rings (SSSR count). The average molecular weight is 405 g/mol. The number of benzene rings is 2. The molecule has 0 saturated carbocycles. The van der Waals surface area contributed by atoms with Gasteiger partial charge in [-0.15, -0.1) is 11.6 Å². The lowest BCUT2D eigenvalue weighted by atomic mass is 10.00. The zero-order chi connectivity index (χ0) is 14.0. The fourth-order valence-electron chi connectivity index (χ4n) is 1.96. The number of hydrogen-bond acceptors (Lipinski definition) is 1. The van der Waals surface area contributed by atoms with Crippen LogP contribution in [-0.2, 0) is 0 Å². The van der Waals surface area contributed by atoms with Crippen LogP contribution in [0.4, 0.5) is 0 Å². The van der Waals surface area contributed by atoms with E-state index >= 15 is 0 Å². The van der Waals surface area contributed by atoms with Gasteiger partial charge in [0.25, 0.3) is 0 Å². The van der Waals surface area contributed by atoms with Crippen molar-refractivity contribution in [2.75, 3.05) is 7.11 Å². The average Bonchev–Trinajstić information content (AvgIpc) is 2.36. The van der Waals surface area contributed by atoms with Crippen molar-refractivity contribution in [2.45, 2.75) is 12.3 Å². The molecule has 100 valence electrons. The van der Waals surface area contributed by atoms with Crippen LogP contribution in [0.2, 0.25) is 0 Å². The lowest BCUT2D eigenvalue weighted by Crippen LogP contribution is -1.97. The van der Waals surface area contributed by atoms with E-state index in [4.69, 9.17) is 16.3 Å². The molecule has 0 aliphatic rings. The maximum absolute atomic E-state index is 6.59. The van der Waals surface area contributed by atoms with Gasteiger partial charge < -0.3 is 4.74 Å². The third-order valence-electron chi connectivity index (χ3n) is 2.93. The highest BCUT2D eigenvalue weighted by Crippen LogP contribution is 2.35. The number of hydrogen-bond donors (Lipinski definition) is 0. The predicted molar refractivity (Wildman–Crippen MR) is 87.3 cm³/mol. The Balaban J connectivity index is 2.40. The van der Waals surface area contributed by atoms with Crippen molar-refractivity contribution in [3.8, 4) is 5.75 Å². The van der Waals surface area contributed by atoms with Gasteiger partial charge in [0.2, 0.25) is 0 Å². The summed E-state index contributed by atoms with van der Waals surface area (Å²) < 4.78 is 7.23. The minimum atomic E-state index is -0.181. The normalized spacial score (nSPS) is 12.3. The highest BCUT2D eigenvalue weighted by Gasteiger charge is 2.14. The largest absolute Gasteiger partial charge is 0.497 e. The minimum absolute atomic E-state index is 0.181. The summed E-state index contributed by atoms with van der Waals surface area (Å²) in [6.45, 7) is 2.04. The topological polar surface area (TPSA) is 9.23 Å². The van der Waals surface area contributed by atoms with Crippen molar-refractivity contribution in [3.05, 3.63) is 62.0 Å². The molecule has 2 aromatic carbocycles. The molecule has 4 heteroatoms. The quantitative estimate of drug-likeness (QED) is 0.583. The summed E-state index contributed by atoms with van der Waals surface area (Å²) in [5, 5.41) is -0.181. The van der Waals surface area contributed by atoms with E-state index in [0.29, 0.717) is 0 Å². The SMILES string of the molecule is COc1ccc(C(Cl)c2cc(Br)cc(Br)c2)c(C)c1. The molecule has 0 aromatic heterocycles. The van der Waals surface area contributed by atoms with E-state index in [-0.39, 0.29) is 5.38 Å². The Morgan fingerprint density at radius 3 is 2.21 bits per heavy atom. The molecule has 0 radical (unpaired) electrons. The fourth-order valence-corrected chi connectivity index (χ4v) is 3.66. The van der Waals surface area contributed by atoms with Crippen LogP contribution < -0.4 is 4.74 Å². The summed E-state index contributed by atoms with van der Waals surface area (Å²) in [5.74, 6) is 0.848. The lowest BCUT2D eigenvalue weighted by molar-refractivity contribution is 0.414. The standard InChI is InChI=1S/C15H13Br2ClO/c1-9-5-13(19-2)3-4-14(9)15(18)10-6-11(16)8-12(17)7-10/h3-8,15H,1-2H3. The second-order valence-electron chi connectivity index (χ2n) is 4.29. The number of halogens is 3. The molecule has 0 spiro atoms. The van der Waals surface area contributed by atoms with Crippen LogP contribution in [0, 0.1) is 6.92 Å². The number of alkyl halides is 1. The van der Waals surface area contributed by atoms with Gasteiger partial charge in [-0.25, -0.2) is 0 Å². The molecule has 19 heavy (non-hydrogen) atoms. The van der Waals surface area contributed by atoms with Crippen molar-refractivity contribution in [2.24, 2.45) is 0 Å².